The first-order valence-corrected chi connectivity index (χ1v) is 3.45. The fourth-order valence-corrected chi connectivity index (χ4v) is 0.749. The van der Waals surface area contributed by atoms with Gasteiger partial charge in [0.2, 0.25) is 0 Å². The van der Waals surface area contributed by atoms with Crippen molar-refractivity contribution in [3.8, 4) is 0 Å². The van der Waals surface area contributed by atoms with E-state index in [1.807, 2.05) is 13.0 Å². The Morgan fingerprint density at radius 1 is 1.89 bits per heavy atom. The first-order chi connectivity index (χ1) is 4.34. The van der Waals surface area contributed by atoms with Crippen molar-refractivity contribution < 1.29 is 0 Å². The van der Waals surface area contributed by atoms with E-state index >= 15 is 0 Å². The molecule has 1 aromatic heterocycles. The summed E-state index contributed by atoms with van der Waals surface area (Å²) < 4.78 is 0.993. The van der Waals surface area contributed by atoms with Gasteiger partial charge in [0.25, 0.3) is 0 Å². The molecule has 3 heteroatoms. The molecule has 0 spiro atoms. The number of hydrogen-bond donors (Lipinski definition) is 1. The second kappa shape index (κ2) is 2.82. The van der Waals surface area contributed by atoms with Crippen molar-refractivity contribution in [2.24, 2.45) is 0 Å². The molecule has 2 nitrogen and oxygen atoms in total. The largest absolute Gasteiger partial charge is 0.344 e. The maximum Gasteiger partial charge on any atom is 0.143 e. The summed E-state index contributed by atoms with van der Waals surface area (Å²) in [6.45, 7) is 1.95. The Balaban J connectivity index is 2.90. The van der Waals surface area contributed by atoms with Crippen LogP contribution in [0.4, 0.5) is 0 Å². The Bertz CT molecular complexity index is 201. The number of allylic oxidation sites excluding steroid dienone is 1. The number of nitrogens with one attached hydrogen (secondary N) is 1. The van der Waals surface area contributed by atoms with E-state index < -0.39 is 0 Å². The molecule has 0 saturated heterocycles. The van der Waals surface area contributed by atoms with Crippen LogP contribution >= 0.6 is 15.9 Å². The second-order valence-electron chi connectivity index (χ2n) is 1.57. The minimum atomic E-state index is 0.873. The third-order valence-corrected chi connectivity index (χ3v) is 1.81. The molecule has 0 fully saturated rings. The molecule has 0 unspecified atom stereocenters. The SMILES string of the molecule is C/C=C(\Br)c1ncc[nH]1. The Morgan fingerprint density at radius 2 is 2.67 bits per heavy atom. The summed E-state index contributed by atoms with van der Waals surface area (Å²) in [7, 11) is 0. The molecule has 0 amide bonds. The quantitative estimate of drug-likeness (QED) is 0.716. The van der Waals surface area contributed by atoms with Gasteiger partial charge >= 0.3 is 0 Å². The average molecular weight is 187 g/mol. The van der Waals surface area contributed by atoms with Gasteiger partial charge < -0.3 is 4.98 Å². The highest BCUT2D eigenvalue weighted by molar-refractivity contribution is 9.15. The maximum atomic E-state index is 4.02. The first kappa shape index (κ1) is 6.55. The lowest BCUT2D eigenvalue weighted by molar-refractivity contribution is 1.26. The summed E-state index contributed by atoms with van der Waals surface area (Å²) in [5.74, 6) is 0.873. The number of hydrogen-bond acceptors (Lipinski definition) is 1. The van der Waals surface area contributed by atoms with Crippen molar-refractivity contribution in [3.63, 3.8) is 0 Å². The lowest BCUT2D eigenvalue weighted by Gasteiger charge is -1.87. The summed E-state index contributed by atoms with van der Waals surface area (Å²) >= 11 is 3.33. The lowest BCUT2D eigenvalue weighted by Crippen LogP contribution is -1.76. The zero-order valence-electron chi connectivity index (χ0n) is 5.06. The Kier molecular flexibility index (Phi) is 2.05. The fourth-order valence-electron chi connectivity index (χ4n) is 0.533. The van der Waals surface area contributed by atoms with Gasteiger partial charge in [0.05, 0.1) is 4.48 Å². The van der Waals surface area contributed by atoms with Crippen molar-refractivity contribution in [1.82, 2.24) is 9.97 Å². The van der Waals surface area contributed by atoms with Gasteiger partial charge in [-0.25, -0.2) is 4.98 Å². The lowest BCUT2D eigenvalue weighted by atomic mass is 10.5. The number of rotatable bonds is 1. The van der Waals surface area contributed by atoms with Crippen LogP contribution in [0.5, 0.6) is 0 Å². The molecular weight excluding hydrogens is 180 g/mol. The fraction of sp³-hybridized carbons (Fsp3) is 0.167. The van der Waals surface area contributed by atoms with Crippen LogP contribution < -0.4 is 0 Å². The molecule has 0 radical (unpaired) electrons. The molecule has 0 aliphatic rings. The van der Waals surface area contributed by atoms with E-state index in [4.69, 9.17) is 0 Å². The van der Waals surface area contributed by atoms with Gasteiger partial charge in [0, 0.05) is 12.4 Å². The zero-order chi connectivity index (χ0) is 6.69. The van der Waals surface area contributed by atoms with Gasteiger partial charge in [-0.3, -0.25) is 0 Å². The summed E-state index contributed by atoms with van der Waals surface area (Å²) in [4.78, 5) is 6.98. The monoisotopic (exact) mass is 186 g/mol. The van der Waals surface area contributed by atoms with Crippen molar-refractivity contribution >= 4 is 20.4 Å². The molecule has 0 aliphatic carbocycles. The molecule has 9 heavy (non-hydrogen) atoms. The van der Waals surface area contributed by atoms with Crippen molar-refractivity contribution in [2.45, 2.75) is 6.92 Å². The number of imidazole rings is 1. The van der Waals surface area contributed by atoms with Crippen LogP contribution in [-0.4, -0.2) is 9.97 Å². The van der Waals surface area contributed by atoms with Gasteiger partial charge in [-0.2, -0.15) is 0 Å². The van der Waals surface area contributed by atoms with Crippen LogP contribution in [0.15, 0.2) is 18.5 Å². The molecule has 0 atom stereocenters. The highest BCUT2D eigenvalue weighted by Gasteiger charge is 1.94. The minimum absolute atomic E-state index is 0.873. The smallest absolute Gasteiger partial charge is 0.143 e. The summed E-state index contributed by atoms with van der Waals surface area (Å²) in [6.07, 6.45) is 5.46. The van der Waals surface area contributed by atoms with E-state index in [0.717, 1.165) is 10.3 Å². The second-order valence-corrected chi connectivity index (χ2v) is 2.43. The van der Waals surface area contributed by atoms with Crippen LogP contribution in [0.2, 0.25) is 0 Å². The predicted molar refractivity (Wildman–Crippen MR) is 41.2 cm³/mol. The van der Waals surface area contributed by atoms with Crippen molar-refractivity contribution in [1.29, 1.82) is 0 Å². The molecule has 0 aliphatic heterocycles. The number of nitrogens with zero attached hydrogens (tertiary/aromatic N) is 1. The average Bonchev–Trinajstić information content (AvgIpc) is 2.37. The van der Waals surface area contributed by atoms with Crippen LogP contribution in [0.3, 0.4) is 0 Å². The summed E-state index contributed by atoms with van der Waals surface area (Å²) in [5, 5.41) is 0. The molecule has 0 bridgehead atoms. The third kappa shape index (κ3) is 1.42. The molecule has 0 aromatic carbocycles. The zero-order valence-corrected chi connectivity index (χ0v) is 6.64. The number of aromatic nitrogens is 2. The maximum absolute atomic E-state index is 4.02. The minimum Gasteiger partial charge on any atom is -0.344 e. The van der Waals surface area contributed by atoms with Crippen LogP contribution in [0, 0.1) is 0 Å². The van der Waals surface area contributed by atoms with Gasteiger partial charge in [0.1, 0.15) is 5.82 Å². The Morgan fingerprint density at radius 3 is 3.11 bits per heavy atom. The van der Waals surface area contributed by atoms with Crippen molar-refractivity contribution in [2.75, 3.05) is 0 Å². The van der Waals surface area contributed by atoms with Gasteiger partial charge in [-0.1, -0.05) is 6.08 Å². The highest BCUT2D eigenvalue weighted by Crippen LogP contribution is 2.14. The standard InChI is InChI=1S/C6H7BrN2/c1-2-5(7)6-8-3-4-9-6/h2-4H,1H3,(H,8,9)/b5-2-. The van der Waals surface area contributed by atoms with Gasteiger partial charge in [0.15, 0.2) is 0 Å². The number of aromatic amines is 1. The van der Waals surface area contributed by atoms with E-state index in [1.165, 1.54) is 0 Å². The van der Waals surface area contributed by atoms with E-state index in [9.17, 15) is 0 Å². The summed E-state index contributed by atoms with van der Waals surface area (Å²) in [5.41, 5.74) is 0. The Labute approximate surface area is 62.1 Å². The highest BCUT2D eigenvalue weighted by atomic mass is 79.9. The van der Waals surface area contributed by atoms with E-state index in [1.54, 1.807) is 12.4 Å². The number of halogens is 1. The Hall–Kier alpha value is -0.570. The first-order valence-electron chi connectivity index (χ1n) is 2.66. The van der Waals surface area contributed by atoms with Crippen LogP contribution in [0.1, 0.15) is 12.7 Å². The molecule has 48 valence electrons. The molecule has 1 N–H and O–H groups in total. The summed E-state index contributed by atoms with van der Waals surface area (Å²) in [6, 6.07) is 0. The third-order valence-electron chi connectivity index (χ3n) is 0.978. The van der Waals surface area contributed by atoms with E-state index in [-0.39, 0.29) is 0 Å². The molecule has 1 heterocycles. The van der Waals surface area contributed by atoms with Crippen LogP contribution in [-0.2, 0) is 0 Å². The van der Waals surface area contributed by atoms with E-state index in [2.05, 4.69) is 25.9 Å². The van der Waals surface area contributed by atoms with Crippen LogP contribution in [0.25, 0.3) is 4.48 Å². The number of H-pyrrole nitrogens is 1. The van der Waals surface area contributed by atoms with E-state index in [0.29, 0.717) is 0 Å². The molecule has 1 rings (SSSR count). The topological polar surface area (TPSA) is 28.7 Å². The molecular formula is C6H7BrN2. The molecule has 1 aromatic rings. The van der Waals surface area contributed by atoms with Crippen molar-refractivity contribution in [3.05, 3.63) is 24.3 Å². The predicted octanol–water partition coefficient (Wildman–Crippen LogP) is 2.17. The normalized spacial score (nSPS) is 12.0. The van der Waals surface area contributed by atoms with Gasteiger partial charge in [-0.15, -0.1) is 0 Å². The molecule has 0 saturated carbocycles. The van der Waals surface area contributed by atoms with Gasteiger partial charge in [-0.05, 0) is 22.9 Å².